The van der Waals surface area contributed by atoms with E-state index in [-0.39, 0.29) is 0 Å². The second kappa shape index (κ2) is 8.82. The molecule has 0 unspecified atom stereocenters. The molecule has 4 heteroatoms. The van der Waals surface area contributed by atoms with E-state index in [1.165, 1.54) is 11.1 Å². The molecule has 2 aromatic carbocycles. The Balaban J connectivity index is 1.30. The summed E-state index contributed by atoms with van der Waals surface area (Å²) in [5, 5.41) is 0. The summed E-state index contributed by atoms with van der Waals surface area (Å²) < 4.78 is 10.5. The lowest BCUT2D eigenvalue weighted by Crippen LogP contribution is -1.90. The van der Waals surface area contributed by atoms with Gasteiger partial charge in [0.05, 0.1) is 36.3 Å². The van der Waals surface area contributed by atoms with E-state index in [1.54, 1.807) is 25.0 Å². The number of nitrogens with zero attached hydrogens (tertiary/aromatic N) is 2. The molecule has 0 aliphatic heterocycles. The van der Waals surface area contributed by atoms with Gasteiger partial charge < -0.3 is 8.83 Å². The highest BCUT2D eigenvalue weighted by Gasteiger charge is 1.98. The van der Waals surface area contributed by atoms with Gasteiger partial charge in [0.1, 0.15) is 11.5 Å². The molecular weight excluding hydrogens is 348 g/mol. The van der Waals surface area contributed by atoms with Crippen LogP contribution in [0.3, 0.4) is 0 Å². The molecule has 4 aromatic rings. The number of aryl methyl sites for hydroxylation is 2. The smallest absolute Gasteiger partial charge is 0.144 e. The fraction of sp³-hybridized carbons (Fsp3) is 0.0833. The first-order chi connectivity index (χ1) is 13.8. The van der Waals surface area contributed by atoms with Crippen LogP contribution in [0.1, 0.15) is 22.6 Å². The lowest BCUT2D eigenvalue weighted by Gasteiger charge is -2.03. The van der Waals surface area contributed by atoms with Crippen LogP contribution < -0.4 is 0 Å². The third-order valence-corrected chi connectivity index (χ3v) is 4.34. The maximum absolute atomic E-state index is 5.25. The highest BCUT2D eigenvalue weighted by molar-refractivity contribution is 5.79. The van der Waals surface area contributed by atoms with E-state index in [0.717, 1.165) is 35.7 Å². The van der Waals surface area contributed by atoms with Crippen LogP contribution in [0.4, 0.5) is 11.4 Å². The second-order valence-electron chi connectivity index (χ2n) is 6.38. The Morgan fingerprint density at radius 1 is 0.571 bits per heavy atom. The van der Waals surface area contributed by atoms with Crippen molar-refractivity contribution in [1.82, 2.24) is 0 Å². The molecule has 138 valence electrons. The minimum atomic E-state index is 0.751. The number of hydrogen-bond acceptors (Lipinski definition) is 4. The van der Waals surface area contributed by atoms with E-state index >= 15 is 0 Å². The van der Waals surface area contributed by atoms with Crippen LogP contribution in [-0.2, 0) is 12.8 Å². The average Bonchev–Trinajstić information content (AvgIpc) is 3.45. The maximum Gasteiger partial charge on any atom is 0.144 e. The average molecular weight is 368 g/mol. The van der Waals surface area contributed by atoms with Crippen LogP contribution in [0.15, 0.2) is 104 Å². The zero-order valence-corrected chi connectivity index (χ0v) is 15.4. The van der Waals surface area contributed by atoms with Crippen molar-refractivity contribution in [3.63, 3.8) is 0 Å². The second-order valence-corrected chi connectivity index (χ2v) is 6.38. The molecule has 2 aromatic heterocycles. The Bertz CT molecular complexity index is 939. The lowest BCUT2D eigenvalue weighted by atomic mass is 10.0. The minimum absolute atomic E-state index is 0.751. The largest absolute Gasteiger partial charge is 0.463 e. The van der Waals surface area contributed by atoms with Crippen LogP contribution >= 0.6 is 0 Å². The van der Waals surface area contributed by atoms with Gasteiger partial charge in [0, 0.05) is 0 Å². The fourth-order valence-electron chi connectivity index (χ4n) is 2.79. The first-order valence-corrected chi connectivity index (χ1v) is 9.18. The Morgan fingerprint density at radius 2 is 1.00 bits per heavy atom. The zero-order valence-electron chi connectivity index (χ0n) is 15.4. The molecule has 0 N–H and O–H groups in total. The van der Waals surface area contributed by atoms with Crippen molar-refractivity contribution in [2.75, 3.05) is 0 Å². The van der Waals surface area contributed by atoms with Gasteiger partial charge in [-0.3, -0.25) is 9.98 Å². The first kappa shape index (κ1) is 17.7. The van der Waals surface area contributed by atoms with E-state index in [4.69, 9.17) is 8.83 Å². The Kier molecular flexibility index (Phi) is 5.59. The summed E-state index contributed by atoms with van der Waals surface area (Å²) in [6.45, 7) is 0. The van der Waals surface area contributed by atoms with E-state index in [9.17, 15) is 0 Å². The standard InChI is InChI=1S/C24H20N2O2/c1-3-23(27-15-1)17-25-21-11-7-19(8-12-21)5-6-20-9-13-22(14-10-20)26-18-24-4-2-16-28-24/h1-4,7-18H,5-6H2. The van der Waals surface area contributed by atoms with Gasteiger partial charge in [0.15, 0.2) is 0 Å². The summed E-state index contributed by atoms with van der Waals surface area (Å²) in [4.78, 5) is 8.83. The molecule has 0 fully saturated rings. The van der Waals surface area contributed by atoms with Gasteiger partial charge in [-0.25, -0.2) is 0 Å². The minimum Gasteiger partial charge on any atom is -0.463 e. The van der Waals surface area contributed by atoms with Crippen molar-refractivity contribution in [3.05, 3.63) is 108 Å². The molecule has 0 bridgehead atoms. The molecule has 0 aliphatic carbocycles. The maximum atomic E-state index is 5.25. The predicted molar refractivity (Wildman–Crippen MR) is 112 cm³/mol. The monoisotopic (exact) mass is 368 g/mol. The van der Waals surface area contributed by atoms with Gasteiger partial charge in [-0.05, 0) is 72.5 Å². The Labute approximate surface area is 163 Å². The molecule has 28 heavy (non-hydrogen) atoms. The summed E-state index contributed by atoms with van der Waals surface area (Å²) >= 11 is 0. The van der Waals surface area contributed by atoms with E-state index < -0.39 is 0 Å². The molecule has 4 rings (SSSR count). The van der Waals surface area contributed by atoms with Crippen molar-refractivity contribution in [2.45, 2.75) is 12.8 Å². The molecule has 2 heterocycles. The summed E-state index contributed by atoms with van der Waals surface area (Å²) in [5.41, 5.74) is 4.41. The number of benzene rings is 2. The lowest BCUT2D eigenvalue weighted by molar-refractivity contribution is 0.560. The highest BCUT2D eigenvalue weighted by atomic mass is 16.3. The molecule has 0 saturated carbocycles. The summed E-state index contributed by atoms with van der Waals surface area (Å²) in [7, 11) is 0. The molecule has 0 amide bonds. The van der Waals surface area contributed by atoms with Crippen LogP contribution in [0, 0.1) is 0 Å². The van der Waals surface area contributed by atoms with Gasteiger partial charge in [-0.15, -0.1) is 0 Å². The topological polar surface area (TPSA) is 51.0 Å². The van der Waals surface area contributed by atoms with Crippen molar-refractivity contribution in [1.29, 1.82) is 0 Å². The summed E-state index contributed by atoms with van der Waals surface area (Å²) in [6.07, 6.45) is 8.70. The van der Waals surface area contributed by atoms with Crippen molar-refractivity contribution >= 4 is 23.8 Å². The summed E-state index contributed by atoms with van der Waals surface area (Å²) in [5.74, 6) is 1.50. The normalized spacial score (nSPS) is 11.6. The molecule has 0 radical (unpaired) electrons. The quantitative estimate of drug-likeness (QED) is 0.367. The first-order valence-electron chi connectivity index (χ1n) is 9.18. The molecular formula is C24H20N2O2. The third-order valence-electron chi connectivity index (χ3n) is 4.34. The van der Waals surface area contributed by atoms with Crippen molar-refractivity contribution in [3.8, 4) is 0 Å². The molecule has 0 spiro atoms. The zero-order chi connectivity index (χ0) is 19.0. The SMILES string of the molecule is C(=Nc1ccc(CCc2ccc(N=Cc3ccco3)cc2)cc1)c1ccco1. The van der Waals surface area contributed by atoms with Crippen LogP contribution in [0.25, 0.3) is 0 Å². The summed E-state index contributed by atoms with van der Waals surface area (Å²) in [6, 6.07) is 24.1. The van der Waals surface area contributed by atoms with E-state index in [1.807, 2.05) is 48.5 Å². The van der Waals surface area contributed by atoms with Gasteiger partial charge in [-0.2, -0.15) is 0 Å². The van der Waals surface area contributed by atoms with Crippen molar-refractivity contribution < 1.29 is 8.83 Å². The molecule has 0 aliphatic rings. The molecule has 0 saturated heterocycles. The number of hydrogen-bond donors (Lipinski definition) is 0. The number of furan rings is 2. The number of rotatable bonds is 7. The Morgan fingerprint density at radius 3 is 1.36 bits per heavy atom. The van der Waals surface area contributed by atoms with Gasteiger partial charge >= 0.3 is 0 Å². The Hall–Kier alpha value is -3.66. The van der Waals surface area contributed by atoms with Crippen LogP contribution in [-0.4, -0.2) is 12.4 Å². The van der Waals surface area contributed by atoms with Crippen LogP contribution in [0.5, 0.6) is 0 Å². The molecule has 0 atom stereocenters. The van der Waals surface area contributed by atoms with E-state index in [0.29, 0.717) is 0 Å². The number of aliphatic imine (C=N–C) groups is 2. The third kappa shape index (κ3) is 4.95. The van der Waals surface area contributed by atoms with Crippen molar-refractivity contribution in [2.24, 2.45) is 9.98 Å². The van der Waals surface area contributed by atoms with Gasteiger partial charge in [0.25, 0.3) is 0 Å². The molecule has 4 nitrogen and oxygen atoms in total. The van der Waals surface area contributed by atoms with Crippen LogP contribution in [0.2, 0.25) is 0 Å². The van der Waals surface area contributed by atoms with Gasteiger partial charge in [0.2, 0.25) is 0 Å². The highest BCUT2D eigenvalue weighted by Crippen LogP contribution is 2.17. The van der Waals surface area contributed by atoms with Gasteiger partial charge in [-0.1, -0.05) is 24.3 Å². The van der Waals surface area contributed by atoms with E-state index in [2.05, 4.69) is 34.3 Å². The predicted octanol–water partition coefficient (Wildman–Crippen LogP) is 6.16. The fourth-order valence-corrected chi connectivity index (χ4v) is 2.79.